The van der Waals surface area contributed by atoms with Crippen LogP contribution in [0, 0.1) is 0 Å². The van der Waals surface area contributed by atoms with E-state index >= 15 is 0 Å². The van der Waals surface area contributed by atoms with Gasteiger partial charge in [-0.3, -0.25) is 0 Å². The van der Waals surface area contributed by atoms with Gasteiger partial charge >= 0.3 is 0 Å². The van der Waals surface area contributed by atoms with E-state index in [1.165, 1.54) is 11.8 Å². The van der Waals surface area contributed by atoms with Crippen molar-refractivity contribution in [3.63, 3.8) is 0 Å². The first-order chi connectivity index (χ1) is 8.24. The molecule has 1 aromatic heterocycles. The summed E-state index contributed by atoms with van der Waals surface area (Å²) in [6.07, 6.45) is 0. The lowest BCUT2D eigenvalue weighted by molar-refractivity contribution is 0.413. The van der Waals surface area contributed by atoms with E-state index in [2.05, 4.69) is 15.5 Å². The number of aromatic nitrogens is 4. The van der Waals surface area contributed by atoms with Gasteiger partial charge in [0.2, 0.25) is 5.16 Å². The number of hydrogen-bond acceptors (Lipinski definition) is 6. The molecule has 0 bridgehead atoms. The second kappa shape index (κ2) is 5.15. The molecule has 2 rings (SSSR count). The monoisotopic (exact) mass is 251 g/mol. The standard InChI is InChI=1S/C10H13N5OS/c1-15-10(12-13-14-15)17-9-5-8(16-2)4-3-7(9)6-11/h3-5H,6,11H2,1-2H3. The average Bonchev–Trinajstić information content (AvgIpc) is 2.75. The van der Waals surface area contributed by atoms with E-state index in [1.54, 1.807) is 18.8 Å². The van der Waals surface area contributed by atoms with E-state index in [4.69, 9.17) is 10.5 Å². The maximum Gasteiger partial charge on any atom is 0.213 e. The van der Waals surface area contributed by atoms with Gasteiger partial charge in [-0.05, 0) is 39.9 Å². The lowest BCUT2D eigenvalue weighted by Crippen LogP contribution is -2.00. The first-order valence-corrected chi connectivity index (χ1v) is 5.83. The van der Waals surface area contributed by atoms with Crippen molar-refractivity contribution < 1.29 is 4.74 Å². The van der Waals surface area contributed by atoms with E-state index in [1.807, 2.05) is 18.2 Å². The van der Waals surface area contributed by atoms with Gasteiger partial charge in [0.05, 0.1) is 7.11 Å². The van der Waals surface area contributed by atoms with Gasteiger partial charge in [0.1, 0.15) is 5.75 Å². The van der Waals surface area contributed by atoms with Crippen LogP contribution in [0.2, 0.25) is 0 Å². The predicted molar refractivity (Wildman–Crippen MR) is 63.8 cm³/mol. The Morgan fingerprint density at radius 3 is 2.88 bits per heavy atom. The van der Waals surface area contributed by atoms with Gasteiger partial charge in [0.15, 0.2) is 0 Å². The molecule has 2 aromatic rings. The molecule has 0 aliphatic carbocycles. The van der Waals surface area contributed by atoms with Crippen molar-refractivity contribution in [1.29, 1.82) is 0 Å². The predicted octanol–water partition coefficient (Wildman–Crippen LogP) is 0.829. The van der Waals surface area contributed by atoms with E-state index < -0.39 is 0 Å². The molecule has 2 N–H and O–H groups in total. The molecule has 0 amide bonds. The summed E-state index contributed by atoms with van der Waals surface area (Å²) in [7, 11) is 3.43. The number of ether oxygens (including phenoxy) is 1. The van der Waals surface area contributed by atoms with Crippen LogP contribution < -0.4 is 10.5 Å². The Labute approximate surface area is 103 Å². The lowest BCUT2D eigenvalue weighted by atomic mass is 10.2. The first kappa shape index (κ1) is 11.9. The fourth-order valence-corrected chi connectivity index (χ4v) is 2.23. The molecule has 1 heterocycles. The third kappa shape index (κ3) is 2.56. The fourth-order valence-electron chi connectivity index (χ4n) is 1.33. The SMILES string of the molecule is COc1ccc(CN)c(Sc2nnnn2C)c1. The summed E-state index contributed by atoms with van der Waals surface area (Å²) in [5, 5.41) is 12.0. The summed E-state index contributed by atoms with van der Waals surface area (Å²) in [5.41, 5.74) is 6.74. The number of methoxy groups -OCH3 is 1. The minimum absolute atomic E-state index is 0.470. The molecule has 0 aliphatic rings. The number of tetrazole rings is 1. The van der Waals surface area contributed by atoms with Crippen LogP contribution in [-0.4, -0.2) is 27.3 Å². The summed E-state index contributed by atoms with van der Waals surface area (Å²) < 4.78 is 6.81. The van der Waals surface area contributed by atoms with Crippen molar-refractivity contribution >= 4 is 11.8 Å². The Bertz CT molecular complexity index is 513. The van der Waals surface area contributed by atoms with Gasteiger partial charge in [-0.1, -0.05) is 6.07 Å². The smallest absolute Gasteiger partial charge is 0.213 e. The second-order valence-electron chi connectivity index (χ2n) is 3.36. The van der Waals surface area contributed by atoms with Gasteiger partial charge in [-0.2, -0.15) is 0 Å². The number of hydrogen-bond donors (Lipinski definition) is 1. The van der Waals surface area contributed by atoms with Gasteiger partial charge in [-0.15, -0.1) is 5.10 Å². The zero-order valence-electron chi connectivity index (χ0n) is 9.62. The van der Waals surface area contributed by atoms with Crippen molar-refractivity contribution in [3.05, 3.63) is 23.8 Å². The molecule has 0 unspecified atom stereocenters. The summed E-state index contributed by atoms with van der Waals surface area (Å²) in [6.45, 7) is 0.470. The summed E-state index contributed by atoms with van der Waals surface area (Å²) in [5.74, 6) is 0.792. The minimum atomic E-state index is 0.470. The van der Waals surface area contributed by atoms with Crippen LogP contribution in [0.15, 0.2) is 28.3 Å². The van der Waals surface area contributed by atoms with Crippen LogP contribution in [0.3, 0.4) is 0 Å². The molecule has 0 saturated carbocycles. The van der Waals surface area contributed by atoms with Crippen LogP contribution in [0.4, 0.5) is 0 Å². The largest absolute Gasteiger partial charge is 0.497 e. The zero-order chi connectivity index (χ0) is 12.3. The highest BCUT2D eigenvalue weighted by atomic mass is 32.2. The molecule has 0 spiro atoms. The van der Waals surface area contributed by atoms with Crippen molar-refractivity contribution in [1.82, 2.24) is 20.2 Å². The van der Waals surface area contributed by atoms with Crippen LogP contribution in [0.5, 0.6) is 5.75 Å². The highest BCUT2D eigenvalue weighted by molar-refractivity contribution is 7.99. The lowest BCUT2D eigenvalue weighted by Gasteiger charge is -2.08. The van der Waals surface area contributed by atoms with Gasteiger partial charge in [-0.25, -0.2) is 4.68 Å². The Hall–Kier alpha value is -1.60. The van der Waals surface area contributed by atoms with Crippen molar-refractivity contribution in [3.8, 4) is 5.75 Å². The highest BCUT2D eigenvalue weighted by Crippen LogP contribution is 2.31. The van der Waals surface area contributed by atoms with E-state index in [-0.39, 0.29) is 0 Å². The molecule has 0 radical (unpaired) electrons. The van der Waals surface area contributed by atoms with Crippen LogP contribution in [-0.2, 0) is 13.6 Å². The number of nitrogens with two attached hydrogens (primary N) is 1. The topological polar surface area (TPSA) is 78.8 Å². The molecule has 90 valence electrons. The summed E-state index contributed by atoms with van der Waals surface area (Å²) in [6, 6.07) is 5.77. The highest BCUT2D eigenvalue weighted by Gasteiger charge is 2.09. The van der Waals surface area contributed by atoms with Crippen molar-refractivity contribution in [2.75, 3.05) is 7.11 Å². The second-order valence-corrected chi connectivity index (χ2v) is 4.37. The van der Waals surface area contributed by atoms with Crippen LogP contribution in [0.1, 0.15) is 5.56 Å². The number of rotatable bonds is 4. The van der Waals surface area contributed by atoms with E-state index in [0.717, 1.165) is 16.2 Å². The molecule has 7 heteroatoms. The third-order valence-corrected chi connectivity index (χ3v) is 3.41. The van der Waals surface area contributed by atoms with Crippen molar-refractivity contribution in [2.45, 2.75) is 16.6 Å². The molecular weight excluding hydrogens is 238 g/mol. The van der Waals surface area contributed by atoms with Gasteiger partial charge < -0.3 is 10.5 Å². The number of benzene rings is 1. The summed E-state index contributed by atoms with van der Waals surface area (Å²) in [4.78, 5) is 1.00. The quantitative estimate of drug-likeness (QED) is 0.867. The molecule has 17 heavy (non-hydrogen) atoms. The maximum atomic E-state index is 5.70. The van der Waals surface area contributed by atoms with Gasteiger partial charge in [0.25, 0.3) is 0 Å². The zero-order valence-corrected chi connectivity index (χ0v) is 10.4. The Kier molecular flexibility index (Phi) is 3.60. The maximum absolute atomic E-state index is 5.70. The molecule has 0 saturated heterocycles. The van der Waals surface area contributed by atoms with Crippen LogP contribution >= 0.6 is 11.8 Å². The summed E-state index contributed by atoms with van der Waals surface area (Å²) >= 11 is 1.47. The minimum Gasteiger partial charge on any atom is -0.497 e. The molecule has 1 aromatic carbocycles. The normalized spacial score (nSPS) is 10.5. The molecule has 0 aliphatic heterocycles. The first-order valence-electron chi connectivity index (χ1n) is 5.01. The Morgan fingerprint density at radius 1 is 1.47 bits per heavy atom. The number of nitrogens with zero attached hydrogens (tertiary/aromatic N) is 4. The molecule has 0 atom stereocenters. The molecule has 6 nitrogen and oxygen atoms in total. The van der Waals surface area contributed by atoms with Crippen LogP contribution in [0.25, 0.3) is 0 Å². The fraction of sp³-hybridized carbons (Fsp3) is 0.300. The number of aryl methyl sites for hydroxylation is 1. The Balaban J connectivity index is 2.33. The molecule has 0 fully saturated rings. The third-order valence-electron chi connectivity index (χ3n) is 2.28. The van der Waals surface area contributed by atoms with E-state index in [9.17, 15) is 0 Å². The average molecular weight is 251 g/mol. The Morgan fingerprint density at radius 2 is 2.29 bits per heavy atom. The van der Waals surface area contributed by atoms with E-state index in [0.29, 0.717) is 11.7 Å². The van der Waals surface area contributed by atoms with Crippen molar-refractivity contribution in [2.24, 2.45) is 12.8 Å². The molecular formula is C10H13N5OS. The van der Waals surface area contributed by atoms with Gasteiger partial charge in [0, 0.05) is 18.5 Å².